The fraction of sp³-hybridized carbons (Fsp3) is 0.588. The highest BCUT2D eigenvalue weighted by Gasteiger charge is 2.28. The van der Waals surface area contributed by atoms with E-state index in [1.807, 2.05) is 43.0 Å². The molecule has 2 rings (SSSR count). The molecule has 21 heavy (non-hydrogen) atoms. The van der Waals surface area contributed by atoms with Gasteiger partial charge in [-0.05, 0) is 57.7 Å². The average Bonchev–Trinajstić information content (AvgIpc) is 2.92. The molecule has 0 aliphatic carbocycles. The Kier molecular flexibility index (Phi) is 6.09. The normalized spacial score (nSPS) is 18.3. The highest BCUT2D eigenvalue weighted by Crippen LogP contribution is 2.25. The van der Waals surface area contributed by atoms with E-state index in [1.165, 1.54) is 0 Å². The molecule has 4 heteroatoms. The lowest BCUT2D eigenvalue weighted by atomic mass is 10.1. The van der Waals surface area contributed by atoms with E-state index in [9.17, 15) is 4.79 Å². The molecule has 1 aromatic rings. The minimum Gasteiger partial charge on any atom is -0.491 e. The molecule has 0 spiro atoms. The van der Waals surface area contributed by atoms with Gasteiger partial charge >= 0.3 is 0 Å². The Hall–Kier alpha value is -1.03. The van der Waals surface area contributed by atoms with Crippen molar-refractivity contribution in [1.82, 2.24) is 4.90 Å². The lowest BCUT2D eigenvalue weighted by molar-refractivity contribution is 0.0729. The van der Waals surface area contributed by atoms with Crippen LogP contribution >= 0.6 is 15.9 Å². The fourth-order valence-corrected chi connectivity index (χ4v) is 3.18. The van der Waals surface area contributed by atoms with E-state index in [1.54, 1.807) is 0 Å². The van der Waals surface area contributed by atoms with Gasteiger partial charge in [0.25, 0.3) is 5.91 Å². The van der Waals surface area contributed by atoms with Crippen molar-refractivity contribution in [1.29, 1.82) is 0 Å². The number of hydrogen-bond donors (Lipinski definition) is 0. The summed E-state index contributed by atoms with van der Waals surface area (Å²) in [7, 11) is 0. The smallest absolute Gasteiger partial charge is 0.254 e. The number of rotatable bonds is 6. The second-order valence-corrected chi connectivity index (χ2v) is 6.61. The van der Waals surface area contributed by atoms with Gasteiger partial charge in [-0.2, -0.15) is 0 Å². The number of alkyl halides is 1. The van der Waals surface area contributed by atoms with Gasteiger partial charge in [-0.1, -0.05) is 22.0 Å². The number of amides is 1. The van der Waals surface area contributed by atoms with Gasteiger partial charge in [0, 0.05) is 23.5 Å². The van der Waals surface area contributed by atoms with Crippen molar-refractivity contribution in [2.24, 2.45) is 0 Å². The summed E-state index contributed by atoms with van der Waals surface area (Å²) in [4.78, 5) is 14.8. The highest BCUT2D eigenvalue weighted by atomic mass is 79.9. The Balaban J connectivity index is 2.08. The lowest BCUT2D eigenvalue weighted by Crippen LogP contribution is -2.35. The van der Waals surface area contributed by atoms with E-state index in [0.29, 0.717) is 6.04 Å². The third-order valence-electron chi connectivity index (χ3n) is 3.76. The molecule has 0 saturated carbocycles. The van der Waals surface area contributed by atoms with Crippen molar-refractivity contribution >= 4 is 21.8 Å². The molecule has 1 aliphatic heterocycles. The number of halogens is 1. The maximum absolute atomic E-state index is 12.7. The van der Waals surface area contributed by atoms with Gasteiger partial charge < -0.3 is 9.64 Å². The first-order valence-electron chi connectivity index (χ1n) is 7.75. The Morgan fingerprint density at radius 1 is 1.48 bits per heavy atom. The van der Waals surface area contributed by atoms with Crippen LogP contribution in [0.3, 0.4) is 0 Å². The average molecular weight is 354 g/mol. The summed E-state index contributed by atoms with van der Waals surface area (Å²) in [5.74, 6) is 0.910. The van der Waals surface area contributed by atoms with E-state index < -0.39 is 0 Å². The number of benzene rings is 1. The van der Waals surface area contributed by atoms with Crippen LogP contribution in [0.1, 0.15) is 49.9 Å². The maximum Gasteiger partial charge on any atom is 0.254 e. The number of likely N-dealkylation sites (tertiary alicyclic amines) is 1. The third kappa shape index (κ3) is 4.47. The molecule has 1 saturated heterocycles. The van der Waals surface area contributed by atoms with Gasteiger partial charge in [0.2, 0.25) is 0 Å². The van der Waals surface area contributed by atoms with Crippen molar-refractivity contribution < 1.29 is 9.53 Å². The topological polar surface area (TPSA) is 29.5 Å². The standard InChI is InChI=1S/C17H24BrNO2/c1-13(2)21-16-9-3-6-14(12-16)17(20)19-11-5-8-15(19)7-4-10-18/h3,6,9,12-13,15H,4-5,7-8,10-11H2,1-2H3. The first-order chi connectivity index (χ1) is 10.1. The zero-order chi connectivity index (χ0) is 15.2. The number of carbonyl (C=O) groups excluding carboxylic acids is 1. The molecule has 3 nitrogen and oxygen atoms in total. The molecule has 1 aliphatic rings. The summed E-state index contributed by atoms with van der Waals surface area (Å²) in [5, 5.41) is 1.00. The summed E-state index contributed by atoms with van der Waals surface area (Å²) in [6, 6.07) is 7.94. The lowest BCUT2D eigenvalue weighted by Gasteiger charge is -2.25. The van der Waals surface area contributed by atoms with Crippen LogP contribution in [0.5, 0.6) is 5.75 Å². The van der Waals surface area contributed by atoms with Gasteiger partial charge in [-0.15, -0.1) is 0 Å². The van der Waals surface area contributed by atoms with Gasteiger partial charge in [-0.3, -0.25) is 4.79 Å². The first-order valence-corrected chi connectivity index (χ1v) is 8.87. The van der Waals surface area contributed by atoms with E-state index >= 15 is 0 Å². The van der Waals surface area contributed by atoms with E-state index in [0.717, 1.165) is 48.9 Å². The molecular formula is C17H24BrNO2. The van der Waals surface area contributed by atoms with Crippen LogP contribution in [0.2, 0.25) is 0 Å². The van der Waals surface area contributed by atoms with Crippen LogP contribution in [-0.2, 0) is 0 Å². The van der Waals surface area contributed by atoms with Crippen molar-refractivity contribution in [2.45, 2.75) is 51.7 Å². The second kappa shape index (κ2) is 7.83. The van der Waals surface area contributed by atoms with Crippen molar-refractivity contribution in [3.63, 3.8) is 0 Å². The molecule has 0 N–H and O–H groups in total. The van der Waals surface area contributed by atoms with Crippen LogP contribution in [0, 0.1) is 0 Å². The van der Waals surface area contributed by atoms with Crippen LogP contribution in [0.25, 0.3) is 0 Å². The third-order valence-corrected chi connectivity index (χ3v) is 4.32. The summed E-state index contributed by atoms with van der Waals surface area (Å²) in [6.07, 6.45) is 4.56. The Bertz CT molecular complexity index is 476. The minimum atomic E-state index is 0.119. The summed E-state index contributed by atoms with van der Waals surface area (Å²) in [5.41, 5.74) is 0.735. The zero-order valence-corrected chi connectivity index (χ0v) is 14.4. The molecule has 0 radical (unpaired) electrons. The van der Waals surface area contributed by atoms with Crippen molar-refractivity contribution in [2.75, 3.05) is 11.9 Å². The van der Waals surface area contributed by atoms with Gasteiger partial charge in [0.05, 0.1) is 6.10 Å². The van der Waals surface area contributed by atoms with Crippen molar-refractivity contribution in [3.8, 4) is 5.75 Å². The number of carbonyl (C=O) groups is 1. The Morgan fingerprint density at radius 2 is 2.29 bits per heavy atom. The first kappa shape index (κ1) is 16.3. The molecule has 1 aromatic carbocycles. The Labute approximate surface area is 135 Å². The molecular weight excluding hydrogens is 330 g/mol. The molecule has 1 heterocycles. The van der Waals surface area contributed by atoms with Crippen LogP contribution in [0.4, 0.5) is 0 Å². The minimum absolute atomic E-state index is 0.119. The molecule has 0 aromatic heterocycles. The van der Waals surface area contributed by atoms with Crippen molar-refractivity contribution in [3.05, 3.63) is 29.8 Å². The largest absolute Gasteiger partial charge is 0.491 e. The van der Waals surface area contributed by atoms with Gasteiger partial charge in [-0.25, -0.2) is 0 Å². The highest BCUT2D eigenvalue weighted by molar-refractivity contribution is 9.09. The van der Waals surface area contributed by atoms with Crippen LogP contribution in [-0.4, -0.2) is 34.8 Å². The number of hydrogen-bond acceptors (Lipinski definition) is 2. The molecule has 1 fully saturated rings. The quantitative estimate of drug-likeness (QED) is 0.715. The van der Waals surface area contributed by atoms with Gasteiger partial charge in [0.15, 0.2) is 0 Å². The number of ether oxygens (including phenoxy) is 1. The SMILES string of the molecule is CC(C)Oc1cccc(C(=O)N2CCCC2CCCBr)c1. The molecule has 0 bridgehead atoms. The fourth-order valence-electron chi connectivity index (χ4n) is 2.86. The van der Waals surface area contributed by atoms with Crippen LogP contribution in [0.15, 0.2) is 24.3 Å². The molecule has 116 valence electrons. The monoisotopic (exact) mass is 353 g/mol. The van der Waals surface area contributed by atoms with E-state index in [4.69, 9.17) is 4.74 Å². The Morgan fingerprint density at radius 3 is 3.00 bits per heavy atom. The molecule has 1 amide bonds. The van der Waals surface area contributed by atoms with Crippen LogP contribution < -0.4 is 4.74 Å². The van der Waals surface area contributed by atoms with Gasteiger partial charge in [0.1, 0.15) is 5.75 Å². The predicted molar refractivity (Wildman–Crippen MR) is 89.3 cm³/mol. The van der Waals surface area contributed by atoms with E-state index in [-0.39, 0.29) is 12.0 Å². The zero-order valence-electron chi connectivity index (χ0n) is 12.8. The predicted octanol–water partition coefficient (Wildman–Crippen LogP) is 4.25. The summed E-state index contributed by atoms with van der Waals surface area (Å²) < 4.78 is 5.68. The molecule has 1 atom stereocenters. The summed E-state index contributed by atoms with van der Waals surface area (Å²) in [6.45, 7) is 4.86. The second-order valence-electron chi connectivity index (χ2n) is 5.82. The summed E-state index contributed by atoms with van der Waals surface area (Å²) >= 11 is 3.47. The van der Waals surface area contributed by atoms with E-state index in [2.05, 4.69) is 15.9 Å². The number of nitrogens with zero attached hydrogens (tertiary/aromatic N) is 1. The molecule has 1 unspecified atom stereocenters. The maximum atomic E-state index is 12.7.